The van der Waals surface area contributed by atoms with E-state index in [0.29, 0.717) is 0 Å². The van der Waals surface area contributed by atoms with Crippen molar-refractivity contribution in [3.63, 3.8) is 0 Å². The van der Waals surface area contributed by atoms with E-state index in [2.05, 4.69) is 29.8 Å². The molecule has 0 saturated carbocycles. The van der Waals surface area contributed by atoms with Crippen LogP contribution in [-0.4, -0.2) is 25.0 Å². The van der Waals surface area contributed by atoms with Crippen LogP contribution >= 0.6 is 0 Å². The van der Waals surface area contributed by atoms with Crippen molar-refractivity contribution in [1.29, 1.82) is 10.8 Å². The SMILES string of the molecule is CCCCCNC(=N)NC(=N)NCCCCC. The van der Waals surface area contributed by atoms with Crippen LogP contribution in [0.15, 0.2) is 0 Å². The van der Waals surface area contributed by atoms with Gasteiger partial charge < -0.3 is 10.6 Å². The fourth-order valence-corrected chi connectivity index (χ4v) is 1.39. The molecule has 0 atom stereocenters. The Hall–Kier alpha value is -1.26. The van der Waals surface area contributed by atoms with Gasteiger partial charge in [-0.2, -0.15) is 0 Å². The molecule has 17 heavy (non-hydrogen) atoms. The third kappa shape index (κ3) is 11.0. The Bertz CT molecular complexity index is 193. The van der Waals surface area contributed by atoms with Gasteiger partial charge in [-0.1, -0.05) is 39.5 Å². The molecule has 0 aromatic heterocycles. The Labute approximate surface area is 105 Å². The molecule has 0 amide bonds. The van der Waals surface area contributed by atoms with E-state index >= 15 is 0 Å². The van der Waals surface area contributed by atoms with Crippen LogP contribution in [0, 0.1) is 10.8 Å². The smallest absolute Gasteiger partial charge is 0.195 e. The van der Waals surface area contributed by atoms with E-state index in [0.717, 1.165) is 25.9 Å². The van der Waals surface area contributed by atoms with Crippen molar-refractivity contribution < 1.29 is 0 Å². The van der Waals surface area contributed by atoms with Gasteiger partial charge in [0.05, 0.1) is 0 Å². The summed E-state index contributed by atoms with van der Waals surface area (Å²) in [6.07, 6.45) is 6.84. The predicted molar refractivity (Wildman–Crippen MR) is 73.6 cm³/mol. The molecule has 0 spiro atoms. The van der Waals surface area contributed by atoms with Crippen LogP contribution in [0.1, 0.15) is 52.4 Å². The molecule has 5 N–H and O–H groups in total. The molecular formula is C12H27N5. The zero-order valence-electron chi connectivity index (χ0n) is 11.2. The summed E-state index contributed by atoms with van der Waals surface area (Å²) in [4.78, 5) is 0. The van der Waals surface area contributed by atoms with Gasteiger partial charge in [0.15, 0.2) is 11.9 Å². The van der Waals surface area contributed by atoms with Gasteiger partial charge in [-0.05, 0) is 12.8 Å². The fourth-order valence-electron chi connectivity index (χ4n) is 1.39. The lowest BCUT2D eigenvalue weighted by Gasteiger charge is -2.12. The second-order valence-corrected chi connectivity index (χ2v) is 4.14. The second-order valence-electron chi connectivity index (χ2n) is 4.14. The highest BCUT2D eigenvalue weighted by Gasteiger charge is 1.98. The zero-order valence-corrected chi connectivity index (χ0v) is 11.2. The molecule has 0 heterocycles. The largest absolute Gasteiger partial charge is 0.356 e. The van der Waals surface area contributed by atoms with E-state index < -0.39 is 0 Å². The molecule has 0 aliphatic heterocycles. The van der Waals surface area contributed by atoms with E-state index in [1.807, 2.05) is 0 Å². The summed E-state index contributed by atoms with van der Waals surface area (Å²) in [6, 6.07) is 0. The molecule has 100 valence electrons. The molecule has 0 rings (SSSR count). The summed E-state index contributed by atoms with van der Waals surface area (Å²) >= 11 is 0. The number of hydrogen-bond donors (Lipinski definition) is 5. The highest BCUT2D eigenvalue weighted by Crippen LogP contribution is 1.91. The van der Waals surface area contributed by atoms with Crippen molar-refractivity contribution in [2.45, 2.75) is 52.4 Å². The molecule has 0 aliphatic carbocycles. The number of nitrogens with one attached hydrogen (secondary N) is 5. The van der Waals surface area contributed by atoms with Crippen molar-refractivity contribution in [1.82, 2.24) is 16.0 Å². The summed E-state index contributed by atoms with van der Waals surface area (Å²) in [7, 11) is 0. The summed E-state index contributed by atoms with van der Waals surface area (Å²) in [5, 5.41) is 23.7. The van der Waals surface area contributed by atoms with Crippen LogP contribution in [0.25, 0.3) is 0 Å². The minimum Gasteiger partial charge on any atom is -0.356 e. The summed E-state index contributed by atoms with van der Waals surface area (Å²) in [6.45, 7) is 5.89. The molecule has 0 unspecified atom stereocenters. The number of rotatable bonds is 8. The standard InChI is InChI=1S/C12H27N5/c1-3-5-7-9-15-11(13)17-12(14)16-10-8-6-4-2/h3-10H2,1-2H3,(H5,13,14,15,16,17). The molecule has 0 aromatic rings. The molecule has 0 radical (unpaired) electrons. The van der Waals surface area contributed by atoms with E-state index in [4.69, 9.17) is 10.8 Å². The van der Waals surface area contributed by atoms with Crippen LogP contribution < -0.4 is 16.0 Å². The maximum absolute atomic E-state index is 7.57. The summed E-state index contributed by atoms with van der Waals surface area (Å²) in [5.41, 5.74) is 0. The lowest BCUT2D eigenvalue weighted by molar-refractivity contribution is 0.681. The number of guanidine groups is 2. The molecule has 0 fully saturated rings. The van der Waals surface area contributed by atoms with Crippen molar-refractivity contribution in [3.05, 3.63) is 0 Å². The average Bonchev–Trinajstić information content (AvgIpc) is 2.30. The minimum atomic E-state index is 0.203. The first-order chi connectivity index (χ1) is 8.20. The van der Waals surface area contributed by atoms with Crippen LogP contribution in [0.5, 0.6) is 0 Å². The Balaban J connectivity index is 3.42. The highest BCUT2D eigenvalue weighted by atomic mass is 15.2. The Morgan fingerprint density at radius 2 is 1.18 bits per heavy atom. The fraction of sp³-hybridized carbons (Fsp3) is 0.833. The monoisotopic (exact) mass is 241 g/mol. The van der Waals surface area contributed by atoms with Crippen molar-refractivity contribution in [2.75, 3.05) is 13.1 Å². The first-order valence-corrected chi connectivity index (χ1v) is 6.62. The summed E-state index contributed by atoms with van der Waals surface area (Å²) < 4.78 is 0. The average molecular weight is 241 g/mol. The van der Waals surface area contributed by atoms with Gasteiger partial charge in [0.2, 0.25) is 0 Å². The third-order valence-corrected chi connectivity index (χ3v) is 2.41. The van der Waals surface area contributed by atoms with Gasteiger partial charge in [0, 0.05) is 13.1 Å². The first-order valence-electron chi connectivity index (χ1n) is 6.62. The Morgan fingerprint density at radius 3 is 1.53 bits per heavy atom. The van der Waals surface area contributed by atoms with Gasteiger partial charge >= 0.3 is 0 Å². The van der Waals surface area contributed by atoms with E-state index in [1.54, 1.807) is 0 Å². The number of hydrogen-bond acceptors (Lipinski definition) is 2. The summed E-state index contributed by atoms with van der Waals surface area (Å²) in [5.74, 6) is 0.406. The predicted octanol–water partition coefficient (Wildman–Crippen LogP) is 2.01. The van der Waals surface area contributed by atoms with Crippen LogP contribution in [0.4, 0.5) is 0 Å². The minimum absolute atomic E-state index is 0.203. The molecule has 0 aromatic carbocycles. The van der Waals surface area contributed by atoms with Crippen molar-refractivity contribution >= 4 is 11.9 Å². The van der Waals surface area contributed by atoms with E-state index in [-0.39, 0.29) is 11.9 Å². The van der Waals surface area contributed by atoms with Crippen LogP contribution in [-0.2, 0) is 0 Å². The van der Waals surface area contributed by atoms with Gasteiger partial charge in [0.25, 0.3) is 0 Å². The first kappa shape index (κ1) is 15.7. The lowest BCUT2D eigenvalue weighted by atomic mass is 10.2. The maximum Gasteiger partial charge on any atom is 0.195 e. The van der Waals surface area contributed by atoms with Gasteiger partial charge in [-0.25, -0.2) is 0 Å². The van der Waals surface area contributed by atoms with Gasteiger partial charge in [-0.3, -0.25) is 16.1 Å². The van der Waals surface area contributed by atoms with Crippen molar-refractivity contribution in [3.8, 4) is 0 Å². The maximum atomic E-state index is 7.57. The Kier molecular flexibility index (Phi) is 10.4. The lowest BCUT2D eigenvalue weighted by Crippen LogP contribution is -2.46. The quantitative estimate of drug-likeness (QED) is 0.256. The van der Waals surface area contributed by atoms with Crippen LogP contribution in [0.2, 0.25) is 0 Å². The second kappa shape index (κ2) is 11.2. The topological polar surface area (TPSA) is 83.8 Å². The normalized spacial score (nSPS) is 9.76. The third-order valence-electron chi connectivity index (χ3n) is 2.41. The number of unbranched alkanes of at least 4 members (excludes halogenated alkanes) is 4. The van der Waals surface area contributed by atoms with Gasteiger partial charge in [0.1, 0.15) is 0 Å². The zero-order chi connectivity index (χ0) is 12.9. The Morgan fingerprint density at radius 1 is 0.765 bits per heavy atom. The van der Waals surface area contributed by atoms with Crippen molar-refractivity contribution in [2.24, 2.45) is 0 Å². The molecule has 0 bridgehead atoms. The molecular weight excluding hydrogens is 214 g/mol. The van der Waals surface area contributed by atoms with E-state index in [9.17, 15) is 0 Å². The van der Waals surface area contributed by atoms with Crippen LogP contribution in [0.3, 0.4) is 0 Å². The van der Waals surface area contributed by atoms with Gasteiger partial charge in [-0.15, -0.1) is 0 Å². The van der Waals surface area contributed by atoms with E-state index in [1.165, 1.54) is 25.7 Å². The molecule has 0 saturated heterocycles. The molecule has 0 aliphatic rings. The molecule has 5 nitrogen and oxygen atoms in total. The highest BCUT2D eigenvalue weighted by molar-refractivity contribution is 5.95. The molecule has 5 heteroatoms.